The van der Waals surface area contributed by atoms with Gasteiger partial charge in [-0.25, -0.2) is 19.6 Å². The van der Waals surface area contributed by atoms with Crippen LogP contribution in [0.1, 0.15) is 54.6 Å². The number of nitrogen functional groups attached to an aromatic ring is 1. The van der Waals surface area contributed by atoms with Crippen molar-refractivity contribution in [1.29, 1.82) is 0 Å². The summed E-state index contributed by atoms with van der Waals surface area (Å²) in [6, 6.07) is -2.70. The number of carbonyl (C=O) groups excluding carboxylic acids is 5. The number of H-pyrrole nitrogens is 1. The molecule has 1 aromatic carbocycles. The number of carbonyl (C=O) groups is 9. The predicted octanol–water partition coefficient (Wildman–Crippen LogP) is -3.74. The van der Waals surface area contributed by atoms with Gasteiger partial charge in [0.1, 0.15) is 30.2 Å². The minimum absolute atomic E-state index is 0.0128. The number of hydrogen-bond acceptors (Lipinski definition) is 17. The van der Waals surface area contributed by atoms with Crippen LogP contribution >= 0.6 is 11.8 Å². The molecule has 0 radical (unpaired) electrons. The quantitative estimate of drug-likeness (QED) is 0.0198. The number of nitrogens with one attached hydrogen (secondary N) is 7. The summed E-state index contributed by atoms with van der Waals surface area (Å²) in [6.07, 6.45) is -0.597. The van der Waals surface area contributed by atoms with Crippen LogP contribution in [0.4, 0.5) is 11.6 Å². The zero-order valence-corrected chi connectivity index (χ0v) is 35.8. The second-order valence-corrected chi connectivity index (χ2v) is 15.0. The van der Waals surface area contributed by atoms with Crippen LogP contribution < -0.4 is 54.7 Å². The maximum Gasteiger partial charge on any atom is 0.327 e. The van der Waals surface area contributed by atoms with Crippen LogP contribution in [-0.2, 0) is 44.9 Å². The molecule has 0 unspecified atom stereocenters. The lowest BCUT2D eigenvalue weighted by atomic mass is 10.1. The van der Waals surface area contributed by atoms with Crippen LogP contribution in [0.25, 0.3) is 11.2 Å². The summed E-state index contributed by atoms with van der Waals surface area (Å²) in [7, 11) is 0. The molecule has 0 aliphatic heterocycles. The van der Waals surface area contributed by atoms with Gasteiger partial charge in [-0.15, -0.1) is 0 Å². The molecule has 0 bridgehead atoms. The van der Waals surface area contributed by atoms with E-state index in [1.165, 1.54) is 30.5 Å². The third-order valence-corrected chi connectivity index (χ3v) is 9.61. The molecule has 2 aromatic heterocycles. The first-order valence-corrected chi connectivity index (χ1v) is 20.9. The summed E-state index contributed by atoms with van der Waals surface area (Å²) in [4.78, 5) is 143. The summed E-state index contributed by atoms with van der Waals surface area (Å²) in [5, 5.41) is 52.2. The van der Waals surface area contributed by atoms with Crippen LogP contribution in [0.2, 0.25) is 0 Å². The monoisotopic (exact) mass is 944 g/mol. The fourth-order valence-electron chi connectivity index (χ4n) is 5.73. The number of guanidine groups is 1. The number of amides is 5. The number of benzene rings is 1. The van der Waals surface area contributed by atoms with Crippen molar-refractivity contribution in [3.63, 3.8) is 0 Å². The van der Waals surface area contributed by atoms with Gasteiger partial charge >= 0.3 is 23.9 Å². The van der Waals surface area contributed by atoms with Crippen LogP contribution in [0.15, 0.2) is 40.2 Å². The topological polar surface area (TPSA) is 469 Å². The fourth-order valence-corrected chi connectivity index (χ4v) is 6.29. The third kappa shape index (κ3) is 17.2. The summed E-state index contributed by atoms with van der Waals surface area (Å²) < 4.78 is 0. The lowest BCUT2D eigenvalue weighted by molar-refractivity contribution is -0.143. The van der Waals surface area contributed by atoms with Crippen LogP contribution in [0.5, 0.6) is 0 Å². The largest absolute Gasteiger partial charge is 0.481 e. The van der Waals surface area contributed by atoms with Gasteiger partial charge in [0.25, 0.3) is 11.5 Å². The highest BCUT2D eigenvalue weighted by Gasteiger charge is 2.33. The molecule has 0 aliphatic rings. The fraction of sp³-hybridized carbons (Fsp3) is 0.405. The van der Waals surface area contributed by atoms with Gasteiger partial charge in [0.05, 0.1) is 31.3 Å². The van der Waals surface area contributed by atoms with Gasteiger partial charge in [0.2, 0.25) is 29.6 Å². The average molecular weight is 945 g/mol. The van der Waals surface area contributed by atoms with Gasteiger partial charge in [-0.05, 0) is 49.8 Å². The highest BCUT2D eigenvalue weighted by atomic mass is 32.2. The van der Waals surface area contributed by atoms with Gasteiger partial charge < -0.3 is 69.5 Å². The summed E-state index contributed by atoms with van der Waals surface area (Å²) >= 11 is 1.06. The molecule has 356 valence electrons. The van der Waals surface area contributed by atoms with Crippen molar-refractivity contribution in [2.45, 2.75) is 75.3 Å². The van der Waals surface area contributed by atoms with Gasteiger partial charge in [0.15, 0.2) is 17.1 Å². The molecule has 29 heteroatoms. The standard InChI is InChI=1S/C37H48N14O14S/c1-66-15-23(35(64)65)49-32(60)22(12-26(55)56)48-30(58)19(3-2-10-41-36(38)39)46-31(59)21(11-25(53)54)45-24(52)9-8-20(34(62)63)47-29(57)16-4-6-17(7-5-16)42-13-18-14-43-28-27(44-18)33(61)51-37(40)50-28/h4-7,14,19-23,42H,2-3,8-13,15H2,1H3,(H,45,52)(H,46,59)(H,47,57)(H,48,58)(H,49,60)(H,53,54)(H,55,56)(H,62,63)(H,64,65)(H4,38,39,41)(H3,40,43,50,51,61)/t19-,20-,21-,22-,23-/m0/s1. The number of nitrogens with two attached hydrogens (primary N) is 3. The van der Waals surface area contributed by atoms with Crippen molar-refractivity contribution in [2.24, 2.45) is 16.5 Å². The lowest BCUT2D eigenvalue weighted by Gasteiger charge is -2.25. The first kappa shape index (κ1) is 52.2. The van der Waals surface area contributed by atoms with Gasteiger partial charge in [0, 0.05) is 30.0 Å². The van der Waals surface area contributed by atoms with E-state index >= 15 is 0 Å². The van der Waals surface area contributed by atoms with Crippen molar-refractivity contribution in [2.75, 3.05) is 29.6 Å². The zero-order chi connectivity index (χ0) is 49.1. The van der Waals surface area contributed by atoms with Crippen LogP contribution in [0.3, 0.4) is 0 Å². The second-order valence-electron chi connectivity index (χ2n) is 14.1. The third-order valence-electron chi connectivity index (χ3n) is 8.94. The molecule has 5 amide bonds. The number of nitrogens with zero attached hydrogens (tertiary/aromatic N) is 4. The maximum atomic E-state index is 13.5. The maximum absolute atomic E-state index is 13.5. The molecule has 66 heavy (non-hydrogen) atoms. The Hall–Kier alpha value is -8.11. The number of aliphatic imine (C=N–C) groups is 1. The van der Waals surface area contributed by atoms with E-state index < -0.39 is 115 Å². The summed E-state index contributed by atoms with van der Waals surface area (Å²) in [5.74, 6) is -12.1. The predicted molar refractivity (Wildman–Crippen MR) is 232 cm³/mol. The lowest BCUT2D eigenvalue weighted by Crippen LogP contribution is -2.58. The van der Waals surface area contributed by atoms with Crippen molar-refractivity contribution in [1.82, 2.24) is 46.5 Å². The van der Waals surface area contributed by atoms with E-state index in [4.69, 9.17) is 17.2 Å². The number of fused-ring (bicyclic) bond motifs is 1. The molecule has 2 heterocycles. The van der Waals surface area contributed by atoms with E-state index in [2.05, 4.69) is 56.8 Å². The van der Waals surface area contributed by atoms with E-state index in [-0.39, 0.29) is 60.3 Å². The average Bonchev–Trinajstić information content (AvgIpc) is 3.24. The van der Waals surface area contributed by atoms with Crippen molar-refractivity contribution in [3.05, 3.63) is 52.1 Å². The number of anilines is 2. The Balaban J connectivity index is 1.66. The van der Waals surface area contributed by atoms with Gasteiger partial charge in [-0.2, -0.15) is 16.7 Å². The number of hydrogen-bond donors (Lipinski definition) is 14. The normalized spacial score (nSPS) is 13.0. The smallest absolute Gasteiger partial charge is 0.327 e. The van der Waals surface area contributed by atoms with Crippen molar-refractivity contribution in [3.8, 4) is 0 Å². The molecule has 17 N–H and O–H groups in total. The molecule has 5 atom stereocenters. The Morgan fingerprint density at radius 1 is 0.758 bits per heavy atom. The van der Waals surface area contributed by atoms with E-state index in [1.807, 2.05) is 0 Å². The zero-order valence-electron chi connectivity index (χ0n) is 34.9. The Bertz CT molecular complexity index is 2380. The van der Waals surface area contributed by atoms with E-state index in [1.54, 1.807) is 6.26 Å². The molecule has 0 aliphatic carbocycles. The number of aliphatic carboxylic acids is 4. The number of carboxylic acid groups (broad SMARTS) is 4. The second kappa shape index (κ2) is 25.3. The molecular formula is C37H48N14O14S. The molecule has 0 fully saturated rings. The number of aromatic nitrogens is 4. The highest BCUT2D eigenvalue weighted by Crippen LogP contribution is 2.13. The first-order valence-electron chi connectivity index (χ1n) is 19.5. The molecule has 0 spiro atoms. The Morgan fingerprint density at radius 3 is 1.91 bits per heavy atom. The Kier molecular flexibility index (Phi) is 20.0. The summed E-state index contributed by atoms with van der Waals surface area (Å²) in [5.41, 5.74) is 16.6. The minimum atomic E-state index is -1.87. The number of thioether (sulfide) groups is 1. The van der Waals surface area contributed by atoms with Gasteiger partial charge in [-0.1, -0.05) is 0 Å². The first-order chi connectivity index (χ1) is 31.2. The Morgan fingerprint density at radius 2 is 1.33 bits per heavy atom. The molecule has 28 nitrogen and oxygen atoms in total. The highest BCUT2D eigenvalue weighted by molar-refractivity contribution is 7.98. The number of carboxylic acids is 4. The van der Waals surface area contributed by atoms with Crippen molar-refractivity contribution < 1.29 is 63.6 Å². The van der Waals surface area contributed by atoms with E-state index in [9.17, 15) is 68.4 Å². The summed E-state index contributed by atoms with van der Waals surface area (Å²) in [6.45, 7) is 0.0247. The molecule has 0 saturated heterocycles. The van der Waals surface area contributed by atoms with Crippen molar-refractivity contribution >= 4 is 93.9 Å². The van der Waals surface area contributed by atoms with Gasteiger partial charge in [-0.3, -0.25) is 48.3 Å². The van der Waals surface area contributed by atoms with Crippen LogP contribution in [-0.4, -0.2) is 148 Å². The number of rotatable bonds is 27. The SMILES string of the molecule is CSC[C@H](NC(=O)[C@H](CC(=O)O)NC(=O)[C@H](CCCN=C(N)N)NC(=O)[C@H](CC(=O)O)NC(=O)CC[C@H](NC(=O)c1ccc(NCc2cnc3nc(N)[nH]c(=O)c3n2)cc1)C(=O)O)C(=O)O. The molecule has 3 rings (SSSR count). The van der Waals surface area contributed by atoms with E-state index in [0.717, 1.165) is 11.8 Å². The van der Waals surface area contributed by atoms with Crippen LogP contribution in [0, 0.1) is 0 Å². The number of aromatic amines is 1. The molecule has 3 aromatic rings. The molecular weight excluding hydrogens is 897 g/mol. The minimum Gasteiger partial charge on any atom is -0.481 e. The van der Waals surface area contributed by atoms with E-state index in [0.29, 0.717) is 11.4 Å². The Labute approximate surface area is 376 Å². The molecule has 0 saturated carbocycles.